The molecule has 145 heavy (non-hydrogen) atoms. The summed E-state index contributed by atoms with van der Waals surface area (Å²) in [4.78, 5) is 183. The fourth-order valence-corrected chi connectivity index (χ4v) is 19.3. The Hall–Kier alpha value is -15.4. The number of benzene rings is 3. The van der Waals surface area contributed by atoms with Crippen molar-refractivity contribution in [3.05, 3.63) is 251 Å². The van der Waals surface area contributed by atoms with E-state index < -0.39 is 0 Å². The van der Waals surface area contributed by atoms with Crippen molar-refractivity contribution in [1.29, 1.82) is 0 Å². The summed E-state index contributed by atoms with van der Waals surface area (Å²) >= 11 is 1.56. The third-order valence-electron chi connectivity index (χ3n) is 27.5. The van der Waals surface area contributed by atoms with Crippen LogP contribution in [0, 0.1) is 11.8 Å². The fraction of sp³-hybridized carbons (Fsp3) is 0.394. The van der Waals surface area contributed by atoms with Crippen LogP contribution < -0.4 is 58.2 Å². The third kappa shape index (κ3) is 26.0. The number of rotatable bonds is 30. The number of likely N-dealkylation sites (N-methyl/N-ethyl adjacent to an activating group) is 1. The van der Waals surface area contributed by atoms with Crippen molar-refractivity contribution in [3.8, 4) is 0 Å². The summed E-state index contributed by atoms with van der Waals surface area (Å²) in [7, 11) is 3.99. The zero-order valence-corrected chi connectivity index (χ0v) is 83.7. The molecule has 7 fully saturated rings. The molecule has 3 aromatic carbocycles. The van der Waals surface area contributed by atoms with Crippen molar-refractivity contribution >= 4 is 155 Å². The molecule has 0 radical (unpaired) electrons. The predicted molar refractivity (Wildman–Crippen MR) is 568 cm³/mol. The number of nitrogens with one attached hydrogen (secondary N) is 4. The van der Waals surface area contributed by atoms with Crippen LogP contribution >= 0.6 is 11.8 Å². The first-order chi connectivity index (χ1) is 70.3. The second-order valence-electron chi connectivity index (χ2n) is 37.0. The lowest BCUT2D eigenvalue weighted by Gasteiger charge is -2.41. The summed E-state index contributed by atoms with van der Waals surface area (Å²) < 4.78 is 8.46. The van der Waals surface area contributed by atoms with Gasteiger partial charge in [0.1, 0.15) is 22.6 Å². The summed E-state index contributed by atoms with van der Waals surface area (Å²) in [5, 5.41) is 20.3. The van der Waals surface area contributed by atoms with E-state index in [9.17, 15) is 47.9 Å². The zero-order chi connectivity index (χ0) is 102. The van der Waals surface area contributed by atoms with Gasteiger partial charge in [-0.25, -0.2) is 19.9 Å². The molecule has 12 aromatic rings. The molecule has 4 N–H and O–H groups in total. The number of likely N-dealkylation sites (tertiary alicyclic amines) is 2. The smallest absolute Gasteiger partial charge is 0.252 e. The molecule has 1 atom stereocenters. The van der Waals surface area contributed by atoms with Crippen molar-refractivity contribution in [1.82, 2.24) is 112 Å². The first kappa shape index (κ1) is 103. The quantitative estimate of drug-likeness (QED) is 0.0312. The van der Waals surface area contributed by atoms with Gasteiger partial charge in [-0.2, -0.15) is 36.8 Å². The van der Waals surface area contributed by atoms with Crippen molar-refractivity contribution < 1.29 is 28.8 Å². The van der Waals surface area contributed by atoms with Gasteiger partial charge in [0.25, 0.3) is 22.2 Å². The first-order valence-electron chi connectivity index (χ1n) is 49.2. The first-order valence-corrected chi connectivity index (χ1v) is 50.6. The van der Waals surface area contributed by atoms with Gasteiger partial charge >= 0.3 is 0 Å². The van der Waals surface area contributed by atoms with Gasteiger partial charge in [0, 0.05) is 321 Å². The van der Waals surface area contributed by atoms with Crippen molar-refractivity contribution in [2.24, 2.45) is 18.9 Å². The lowest BCUT2D eigenvalue weighted by Crippen LogP contribution is -2.55. The van der Waals surface area contributed by atoms with E-state index in [2.05, 4.69) is 155 Å². The largest absolute Gasteiger partial charge is 0.369 e. The molecule has 41 heteroatoms. The maximum Gasteiger partial charge on any atom is 0.252 e. The van der Waals surface area contributed by atoms with Crippen LogP contribution in [0.25, 0.3) is 44.1 Å². The molecule has 16 heterocycles. The van der Waals surface area contributed by atoms with E-state index in [-0.39, 0.29) is 63.7 Å². The Bertz CT molecular complexity index is 6910. The molecule has 7 aliphatic rings. The van der Waals surface area contributed by atoms with Crippen molar-refractivity contribution in [3.63, 3.8) is 0 Å². The van der Waals surface area contributed by atoms with E-state index >= 15 is 0 Å². The predicted octanol–water partition coefficient (Wildman–Crippen LogP) is 7.81. The van der Waals surface area contributed by atoms with Gasteiger partial charge in [-0.05, 0) is 166 Å². The Morgan fingerprint density at radius 1 is 0.372 bits per heavy atom. The minimum atomic E-state index is -0.107. The number of aryl methyl sites for hydroxylation is 3. The van der Waals surface area contributed by atoms with E-state index in [4.69, 9.17) is 4.98 Å². The Morgan fingerprint density at radius 3 is 1.08 bits per heavy atom. The van der Waals surface area contributed by atoms with Crippen LogP contribution in [0.5, 0.6) is 0 Å². The van der Waals surface area contributed by atoms with E-state index in [1.165, 1.54) is 30.0 Å². The minimum Gasteiger partial charge on any atom is -0.369 e. The molecule has 19 rings (SSSR count). The van der Waals surface area contributed by atoms with Crippen molar-refractivity contribution in [2.45, 2.75) is 65.3 Å². The van der Waals surface area contributed by atoms with Gasteiger partial charge in [-0.3, -0.25) is 80.7 Å². The van der Waals surface area contributed by atoms with Crippen molar-refractivity contribution in [2.75, 3.05) is 219 Å². The maximum atomic E-state index is 12.8. The lowest BCUT2D eigenvalue weighted by molar-refractivity contribution is -0.133. The Morgan fingerprint density at radius 2 is 0.717 bits per heavy atom. The van der Waals surface area contributed by atoms with E-state index in [1.54, 1.807) is 136 Å². The average molecular weight is 1990 g/mol. The summed E-state index contributed by atoms with van der Waals surface area (Å²) in [5.41, 5.74) is 8.75. The van der Waals surface area contributed by atoms with Gasteiger partial charge in [0.2, 0.25) is 59.2 Å². The monoisotopic (exact) mass is 1990 g/mol. The van der Waals surface area contributed by atoms with Crippen LogP contribution in [0.15, 0.2) is 228 Å². The zero-order valence-electron chi connectivity index (χ0n) is 82.8. The highest BCUT2D eigenvalue weighted by Gasteiger charge is 2.33. The minimum absolute atomic E-state index is 0.0290. The van der Waals surface area contributed by atoms with Crippen LogP contribution in [0.4, 0.5) is 63.6 Å². The normalized spacial score (nSPS) is 16.4. The Kier molecular flexibility index (Phi) is 34.0. The van der Waals surface area contributed by atoms with Crippen LogP contribution in [-0.4, -0.2) is 336 Å². The molecule has 0 spiro atoms. The second-order valence-corrected chi connectivity index (χ2v) is 37.8. The van der Waals surface area contributed by atoms with Gasteiger partial charge in [0.05, 0.1) is 17.6 Å². The number of aromatic nitrogens is 14. The summed E-state index contributed by atoms with van der Waals surface area (Å²) in [6.07, 6.45) is 20.3. The topological polar surface area (TPSA) is 398 Å². The number of fused-ring (bicyclic) bond motifs is 4. The molecule has 0 aliphatic carbocycles. The molecule has 0 bridgehead atoms. The highest BCUT2D eigenvalue weighted by molar-refractivity contribution is 7.99. The van der Waals surface area contributed by atoms with Gasteiger partial charge in [-0.15, -0.1) is 0 Å². The second kappa shape index (κ2) is 48.1. The number of hydrogen-bond acceptors (Lipinski definition) is 30. The molecule has 7 aliphatic heterocycles. The molecule has 6 amide bonds. The maximum absolute atomic E-state index is 12.8. The summed E-state index contributed by atoms with van der Waals surface area (Å²) in [5.74, 6) is 3.11. The van der Waals surface area contributed by atoms with E-state index in [0.29, 0.717) is 156 Å². The number of carbonyl (C=O) groups excluding carboxylic acids is 6. The SMILES string of the molecule is C=CC(=O)N1CC(CCn2c(=O)ccc3cnc(Nc4ccc(N5CCN(C(=O)CSC)CC5)cc4)nc32)C1.C=CC(=O)N1CC(CCn2c(=O)ccc3cnc(Nc4ccc(N5CCN(C(C)=O)CC5)cc4)nc32)C1.C=CC(=O)N1CCN(CCn2c(=O)ccc3cnc(Nc4ccc(N5CCN(C)CC5)cc4)nc32)CC1.C=CC(=O)N1CCN(CCn2c(=O)ccc3cnc(Nc4cnn(C)c4)nc32)[C@@H](CC)C1. The number of carbonyl (C=O) groups is 6. The molecule has 0 unspecified atom stereocenters. The highest BCUT2D eigenvalue weighted by atomic mass is 32.2. The Balaban J connectivity index is 0.000000139. The third-order valence-corrected chi connectivity index (χ3v) is 28.1. The molecule has 9 aromatic heterocycles. The van der Waals surface area contributed by atoms with Crippen LogP contribution in [-0.2, 0) is 62.0 Å². The van der Waals surface area contributed by atoms with E-state index in [0.717, 1.165) is 173 Å². The van der Waals surface area contributed by atoms with Crippen LogP contribution in [0.1, 0.15) is 33.1 Å². The summed E-state index contributed by atoms with van der Waals surface area (Å²) in [6, 6.07) is 37.9. The summed E-state index contributed by atoms with van der Waals surface area (Å²) in [6.45, 7) is 39.5. The standard InChI is InChI=1S/C28H33N7O3S.C27H34N8O2.C27H31N7O3.C22H28N8O2/c1-3-24(36)34-17-20(18-34)10-11-35-25(37)9-4-21-16-29-28(31-27(21)35)30-22-5-7-23(8-6-22)32-12-14-33(15-13-32)26(38)19-39-2;1-3-24(36)34-17-12-32(13-18-34)14-19-35-25(37)9-4-21-20-28-27(30-26(21)35)29-22-5-7-23(8-6-22)33-15-10-31(2)11-16-33;1-3-24(36)33-17-20(18-33)10-11-34-25(37)9-4-21-16-28-27(30-26(21)34)29-22-5-7-23(8-6-22)32-14-12-31(13-15-32)19(2)35;1-4-18-15-29(19(31)5-2)9-8-28(18)10-11-30-20(32)7-6-16-12-23-22(26-21(16)30)25-17-13-24-27(3)14-17/h3-9,16,20H,1,10-15,17-19H2,2H3,(H,29,30,31);3-9,20H,1,10-19H2,2H3,(H,28,29,30);3-9,16,20H,1,10-15,17-18H2,2H3,(H,28,29,30);5-7,12-14,18H,2,4,8-11,15H2,1,3H3,(H,23,25,26)/t;;;18-/m...0/s1. The number of amides is 6. The van der Waals surface area contributed by atoms with Gasteiger partial charge in [-0.1, -0.05) is 33.2 Å². The number of anilines is 11. The molecular weight excluding hydrogens is 1860 g/mol. The number of piperazine rings is 5. The number of hydrogen-bond donors (Lipinski definition) is 4. The highest BCUT2D eigenvalue weighted by Crippen LogP contribution is 2.30. The average Bonchev–Trinajstić information content (AvgIpc) is 1.03. The molecular formula is C104H126N30O10S. The molecule has 7 saturated heterocycles. The Labute approximate surface area is 844 Å². The van der Waals surface area contributed by atoms with Gasteiger partial charge < -0.3 is 70.3 Å². The van der Waals surface area contributed by atoms with Crippen LogP contribution in [0.3, 0.4) is 0 Å². The van der Waals surface area contributed by atoms with Crippen LogP contribution in [0.2, 0.25) is 0 Å². The number of nitrogens with zero attached hydrogens (tertiary/aromatic N) is 26. The molecule has 0 saturated carbocycles. The molecule has 40 nitrogen and oxygen atoms in total. The van der Waals surface area contributed by atoms with Gasteiger partial charge in [0.15, 0.2) is 0 Å². The lowest BCUT2D eigenvalue weighted by atomic mass is 9.96. The number of thioether (sulfide) groups is 1. The number of pyridine rings is 4. The fourth-order valence-electron chi connectivity index (χ4n) is 18.9. The van der Waals surface area contributed by atoms with E-state index in [1.807, 2.05) is 82.7 Å². The molecule has 758 valence electrons.